The fourth-order valence-corrected chi connectivity index (χ4v) is 4.87. The van der Waals surface area contributed by atoms with E-state index >= 15 is 0 Å². The average molecular weight is 435 g/mol. The van der Waals surface area contributed by atoms with Gasteiger partial charge < -0.3 is 14.6 Å². The van der Waals surface area contributed by atoms with E-state index < -0.39 is 0 Å². The lowest BCUT2D eigenvalue weighted by Gasteiger charge is -2.23. The molecule has 0 spiro atoms. The van der Waals surface area contributed by atoms with Gasteiger partial charge in [0.25, 0.3) is 5.91 Å². The molecule has 0 unspecified atom stereocenters. The number of hydrogen-bond acceptors (Lipinski definition) is 4. The highest BCUT2D eigenvalue weighted by atomic mass is 32.2. The van der Waals surface area contributed by atoms with Crippen LogP contribution in [0.3, 0.4) is 0 Å². The van der Waals surface area contributed by atoms with E-state index in [-0.39, 0.29) is 23.2 Å². The molecule has 0 aliphatic carbocycles. The average Bonchev–Trinajstić information content (AvgIpc) is 3.44. The van der Waals surface area contributed by atoms with Crippen molar-refractivity contribution < 1.29 is 14.0 Å². The fraction of sp³-hybridized carbons (Fsp3) is 0.280. The second-order valence-corrected chi connectivity index (χ2v) is 8.85. The van der Waals surface area contributed by atoms with Crippen LogP contribution < -0.4 is 5.32 Å². The summed E-state index contributed by atoms with van der Waals surface area (Å²) in [5.41, 5.74) is 2.91. The molecule has 1 saturated heterocycles. The zero-order valence-electron chi connectivity index (χ0n) is 17.5. The summed E-state index contributed by atoms with van der Waals surface area (Å²) in [6.07, 6.45) is 3.43. The third kappa shape index (κ3) is 5.39. The lowest BCUT2D eigenvalue weighted by Crippen LogP contribution is -2.33. The number of hydrogen-bond donors (Lipinski definition) is 1. The Hall–Kier alpha value is -2.99. The number of rotatable bonds is 8. The van der Waals surface area contributed by atoms with Gasteiger partial charge in [0.05, 0.1) is 18.6 Å². The highest BCUT2D eigenvalue weighted by Crippen LogP contribution is 2.39. The van der Waals surface area contributed by atoms with Crippen LogP contribution in [0.15, 0.2) is 77.4 Å². The summed E-state index contributed by atoms with van der Waals surface area (Å²) in [6, 6.07) is 21.6. The molecule has 160 valence electrons. The molecule has 3 aromatic rings. The first-order valence-corrected chi connectivity index (χ1v) is 11.5. The first-order valence-electron chi connectivity index (χ1n) is 10.5. The highest BCUT2D eigenvalue weighted by Gasteiger charge is 2.33. The molecule has 31 heavy (non-hydrogen) atoms. The number of carbonyl (C=O) groups excluding carboxylic acids is 2. The van der Waals surface area contributed by atoms with Gasteiger partial charge in [-0.3, -0.25) is 9.59 Å². The van der Waals surface area contributed by atoms with E-state index in [1.54, 1.807) is 18.0 Å². The number of thioether (sulfide) groups is 1. The maximum absolute atomic E-state index is 12.6. The van der Waals surface area contributed by atoms with Crippen LogP contribution >= 0.6 is 11.8 Å². The lowest BCUT2D eigenvalue weighted by molar-refractivity contribution is -0.128. The number of nitrogens with one attached hydrogen (secondary N) is 1. The van der Waals surface area contributed by atoms with Gasteiger partial charge in [-0.05, 0) is 55.2 Å². The smallest absolute Gasteiger partial charge is 0.251 e. The predicted octanol–water partition coefficient (Wildman–Crippen LogP) is 4.80. The summed E-state index contributed by atoms with van der Waals surface area (Å²) in [5.74, 6) is 1.24. The van der Waals surface area contributed by atoms with E-state index in [0.29, 0.717) is 17.9 Å². The molecule has 2 aromatic carbocycles. The Kier molecular flexibility index (Phi) is 6.77. The number of carbonyl (C=O) groups is 2. The van der Waals surface area contributed by atoms with E-state index in [1.165, 1.54) is 5.56 Å². The molecule has 1 aromatic heterocycles. The van der Waals surface area contributed by atoms with Gasteiger partial charge in [0, 0.05) is 11.6 Å². The number of furan rings is 1. The molecule has 2 amide bonds. The van der Waals surface area contributed by atoms with Crippen molar-refractivity contribution >= 4 is 23.6 Å². The van der Waals surface area contributed by atoms with Gasteiger partial charge >= 0.3 is 0 Å². The standard InChI is InChI=1S/C25H26N2O3S/c1-18(9-10-19-6-3-2-4-7-19)26-24(29)20-11-13-21(14-12-20)25-27(23(28)17-31-25)16-22-8-5-15-30-22/h2-8,11-15,18,25H,9-10,16-17H2,1H3,(H,26,29)/t18-,25-/m0/s1. The Morgan fingerprint density at radius 3 is 2.61 bits per heavy atom. The summed E-state index contributed by atoms with van der Waals surface area (Å²) in [7, 11) is 0. The van der Waals surface area contributed by atoms with Crippen LogP contribution in [-0.4, -0.2) is 28.5 Å². The van der Waals surface area contributed by atoms with Crippen LogP contribution in [0.2, 0.25) is 0 Å². The molecule has 5 nitrogen and oxygen atoms in total. The summed E-state index contributed by atoms with van der Waals surface area (Å²) in [6.45, 7) is 2.48. The Balaban J connectivity index is 1.34. The van der Waals surface area contributed by atoms with Crippen molar-refractivity contribution in [2.24, 2.45) is 0 Å². The first kappa shape index (κ1) is 21.2. The maximum Gasteiger partial charge on any atom is 0.251 e. The summed E-state index contributed by atoms with van der Waals surface area (Å²) >= 11 is 1.60. The Morgan fingerprint density at radius 2 is 1.90 bits per heavy atom. The van der Waals surface area contributed by atoms with Crippen LogP contribution in [0, 0.1) is 0 Å². The van der Waals surface area contributed by atoms with Crippen molar-refractivity contribution in [2.75, 3.05) is 5.75 Å². The minimum atomic E-state index is -0.0743. The fourth-order valence-electron chi connectivity index (χ4n) is 3.68. The molecule has 0 saturated carbocycles. The lowest BCUT2D eigenvalue weighted by atomic mass is 10.1. The molecule has 2 heterocycles. The first-order chi connectivity index (χ1) is 15.1. The molecule has 1 aliphatic heterocycles. The van der Waals surface area contributed by atoms with Gasteiger partial charge in [0.2, 0.25) is 5.91 Å². The van der Waals surface area contributed by atoms with E-state index in [9.17, 15) is 9.59 Å². The van der Waals surface area contributed by atoms with Gasteiger partial charge in [-0.1, -0.05) is 42.5 Å². The van der Waals surface area contributed by atoms with E-state index in [0.717, 1.165) is 24.2 Å². The van der Waals surface area contributed by atoms with E-state index in [1.807, 2.05) is 66.4 Å². The van der Waals surface area contributed by atoms with Crippen molar-refractivity contribution in [1.29, 1.82) is 0 Å². The highest BCUT2D eigenvalue weighted by molar-refractivity contribution is 8.00. The third-order valence-corrected chi connectivity index (χ3v) is 6.67. The molecule has 6 heteroatoms. The minimum Gasteiger partial charge on any atom is -0.467 e. The third-order valence-electron chi connectivity index (χ3n) is 5.42. The molecular weight excluding hydrogens is 408 g/mol. The van der Waals surface area contributed by atoms with Gasteiger partial charge in [-0.2, -0.15) is 0 Å². The Bertz CT molecular complexity index is 1000. The zero-order valence-corrected chi connectivity index (χ0v) is 18.3. The summed E-state index contributed by atoms with van der Waals surface area (Å²) in [4.78, 5) is 26.8. The van der Waals surface area contributed by atoms with Gasteiger partial charge in [0.15, 0.2) is 0 Å². The van der Waals surface area contributed by atoms with Crippen molar-refractivity contribution in [3.8, 4) is 0 Å². The SMILES string of the molecule is C[C@@H](CCc1ccccc1)NC(=O)c1ccc([C@@H]2SCC(=O)N2Cc2ccco2)cc1. The van der Waals surface area contributed by atoms with Crippen molar-refractivity contribution in [3.63, 3.8) is 0 Å². The van der Waals surface area contributed by atoms with Crippen LogP contribution in [0.25, 0.3) is 0 Å². The minimum absolute atomic E-state index is 0.0699. The van der Waals surface area contributed by atoms with E-state index in [4.69, 9.17) is 4.42 Å². The summed E-state index contributed by atoms with van der Waals surface area (Å²) < 4.78 is 5.41. The Labute approximate surface area is 186 Å². The topological polar surface area (TPSA) is 62.6 Å². The molecule has 1 aliphatic rings. The van der Waals surface area contributed by atoms with Gasteiger partial charge in [-0.25, -0.2) is 0 Å². The number of aryl methyl sites for hydroxylation is 1. The predicted molar refractivity (Wildman–Crippen MR) is 123 cm³/mol. The van der Waals surface area contributed by atoms with Crippen molar-refractivity contribution in [3.05, 3.63) is 95.4 Å². The van der Waals surface area contributed by atoms with Gasteiger partial charge in [0.1, 0.15) is 11.1 Å². The number of amides is 2. The largest absolute Gasteiger partial charge is 0.467 e. The molecule has 2 atom stereocenters. The number of benzene rings is 2. The van der Waals surface area contributed by atoms with Crippen molar-refractivity contribution in [2.45, 2.75) is 37.7 Å². The van der Waals surface area contributed by atoms with E-state index in [2.05, 4.69) is 17.4 Å². The second kappa shape index (κ2) is 9.88. The van der Waals surface area contributed by atoms with Crippen LogP contribution in [-0.2, 0) is 17.8 Å². The van der Waals surface area contributed by atoms with Crippen molar-refractivity contribution in [1.82, 2.24) is 10.2 Å². The zero-order chi connectivity index (χ0) is 21.6. The molecule has 0 radical (unpaired) electrons. The normalized spacial score (nSPS) is 17.0. The van der Waals surface area contributed by atoms with Gasteiger partial charge in [-0.15, -0.1) is 11.8 Å². The van der Waals surface area contributed by atoms with Crippen LogP contribution in [0.4, 0.5) is 0 Å². The monoisotopic (exact) mass is 434 g/mol. The Morgan fingerprint density at radius 1 is 1.13 bits per heavy atom. The molecule has 0 bridgehead atoms. The summed E-state index contributed by atoms with van der Waals surface area (Å²) in [5, 5.41) is 3.01. The van der Waals surface area contributed by atoms with Crippen LogP contribution in [0.5, 0.6) is 0 Å². The molecule has 1 fully saturated rings. The maximum atomic E-state index is 12.6. The number of nitrogens with zero attached hydrogens (tertiary/aromatic N) is 1. The quantitative estimate of drug-likeness (QED) is 0.553. The second-order valence-electron chi connectivity index (χ2n) is 7.79. The molecule has 4 rings (SSSR count). The molecule has 1 N–H and O–H groups in total. The van der Waals surface area contributed by atoms with Crippen LogP contribution in [0.1, 0.15) is 46.0 Å². The molecular formula is C25H26N2O3S.